The summed E-state index contributed by atoms with van der Waals surface area (Å²) in [4.78, 5) is 11.0. The van der Waals surface area contributed by atoms with Gasteiger partial charge >= 0.3 is 0 Å². The smallest absolute Gasteiger partial charge is 0.135 e. The summed E-state index contributed by atoms with van der Waals surface area (Å²) in [6, 6.07) is 0. The van der Waals surface area contributed by atoms with Crippen molar-refractivity contribution in [3.05, 3.63) is 0 Å². The number of Topliss-reactive ketones (excluding diaryl/α,β-unsaturated/α-hetero) is 1. The fraction of sp³-hybridized carbons (Fsp3) is 0.875. The van der Waals surface area contributed by atoms with Gasteiger partial charge in [-0.15, -0.1) is 0 Å². The minimum atomic E-state index is 0.180. The monoisotopic (exact) mass is 160 g/mol. The van der Waals surface area contributed by atoms with E-state index in [1.165, 1.54) is 0 Å². The van der Waals surface area contributed by atoms with Crippen LogP contribution >= 0.6 is 0 Å². The Bertz CT molecular complexity index is 120. The highest BCUT2D eigenvalue weighted by molar-refractivity contribution is 5.78. The molecule has 3 nitrogen and oxygen atoms in total. The van der Waals surface area contributed by atoms with Crippen LogP contribution in [0.5, 0.6) is 0 Å². The molecule has 0 spiro atoms. The second-order valence-corrected chi connectivity index (χ2v) is 2.29. The molecule has 0 aliphatic rings. The van der Waals surface area contributed by atoms with Gasteiger partial charge < -0.3 is 10.5 Å². The molecule has 0 atom stereocenters. The molecule has 0 rings (SSSR count). The lowest BCUT2D eigenvalue weighted by Gasteiger charge is -2.00. The Kier molecular flexibility index (Phi) is 6.07. The molecule has 0 saturated carbocycles. The summed E-state index contributed by atoms with van der Waals surface area (Å²) in [5, 5.41) is 0. The summed E-state index contributed by atoms with van der Waals surface area (Å²) in [6.07, 6.45) is 1.63. The minimum absolute atomic E-state index is 0.180. The van der Waals surface area contributed by atoms with Crippen LogP contribution in [0.2, 0.25) is 0 Å². The Labute approximate surface area is 69.3 Å². The SMILES string of the molecule is [2H]CCCC(=O)CCOCCN. The molecule has 11 heavy (non-hydrogen) atoms. The Morgan fingerprint density at radius 2 is 2.36 bits per heavy atom. The number of hydrogen-bond donors (Lipinski definition) is 1. The van der Waals surface area contributed by atoms with E-state index >= 15 is 0 Å². The van der Waals surface area contributed by atoms with Crippen molar-refractivity contribution in [2.45, 2.75) is 26.2 Å². The molecule has 0 fully saturated rings. The van der Waals surface area contributed by atoms with Gasteiger partial charge in [-0.2, -0.15) is 0 Å². The van der Waals surface area contributed by atoms with Crippen molar-refractivity contribution in [2.24, 2.45) is 5.73 Å². The van der Waals surface area contributed by atoms with E-state index in [1.54, 1.807) is 0 Å². The Hall–Kier alpha value is -0.410. The lowest BCUT2D eigenvalue weighted by Crippen LogP contribution is -2.11. The van der Waals surface area contributed by atoms with E-state index in [-0.39, 0.29) is 5.78 Å². The summed E-state index contributed by atoms with van der Waals surface area (Å²) >= 11 is 0. The third-order valence-electron chi connectivity index (χ3n) is 1.24. The van der Waals surface area contributed by atoms with E-state index in [0.29, 0.717) is 45.9 Å². The van der Waals surface area contributed by atoms with Crippen molar-refractivity contribution in [1.82, 2.24) is 0 Å². The minimum Gasteiger partial charge on any atom is -0.380 e. The van der Waals surface area contributed by atoms with Crippen LogP contribution in [0.3, 0.4) is 0 Å². The first-order chi connectivity index (χ1) is 5.81. The average molecular weight is 160 g/mol. The van der Waals surface area contributed by atoms with Crippen molar-refractivity contribution in [3.8, 4) is 0 Å². The maximum absolute atomic E-state index is 11.0. The zero-order chi connectivity index (χ0) is 9.23. The molecule has 0 aliphatic heterocycles. The first-order valence-corrected chi connectivity index (χ1v) is 3.90. The summed E-state index contributed by atoms with van der Waals surface area (Å²) in [6.45, 7) is 1.82. The van der Waals surface area contributed by atoms with Crippen LogP contribution in [0, 0.1) is 0 Å². The first kappa shape index (κ1) is 8.68. The number of nitrogens with two attached hydrogens (primary N) is 1. The Balaban J connectivity index is 3.08. The number of carbonyl (C=O) groups is 1. The van der Waals surface area contributed by atoms with E-state index in [4.69, 9.17) is 11.8 Å². The topological polar surface area (TPSA) is 52.3 Å². The molecule has 0 aromatic rings. The normalized spacial score (nSPS) is 11.2. The lowest BCUT2D eigenvalue weighted by atomic mass is 10.2. The molecule has 2 N–H and O–H groups in total. The molecule has 0 amide bonds. The standard InChI is InChI=1S/C8H17NO2/c1-2-3-8(10)4-6-11-7-5-9/h2-7,9H2,1H3/i1D. The molecule has 0 radical (unpaired) electrons. The molecule has 0 aliphatic carbocycles. The molecular formula is C8H17NO2. The van der Waals surface area contributed by atoms with Gasteiger partial charge in [0.2, 0.25) is 0 Å². The van der Waals surface area contributed by atoms with Gasteiger partial charge in [0.25, 0.3) is 0 Å². The fourth-order valence-corrected chi connectivity index (χ4v) is 0.694. The number of rotatable bonds is 7. The summed E-state index contributed by atoms with van der Waals surface area (Å²) < 4.78 is 11.9. The van der Waals surface area contributed by atoms with E-state index < -0.39 is 0 Å². The summed E-state index contributed by atoms with van der Waals surface area (Å²) in [5.41, 5.74) is 5.19. The highest BCUT2D eigenvalue weighted by atomic mass is 16.5. The van der Waals surface area contributed by atoms with Crippen LogP contribution in [0.15, 0.2) is 0 Å². The van der Waals surface area contributed by atoms with Crippen LogP contribution in [0.1, 0.15) is 27.5 Å². The Morgan fingerprint density at radius 3 is 3.00 bits per heavy atom. The van der Waals surface area contributed by atoms with E-state index in [9.17, 15) is 4.79 Å². The third-order valence-corrected chi connectivity index (χ3v) is 1.24. The fourth-order valence-electron chi connectivity index (χ4n) is 0.694. The van der Waals surface area contributed by atoms with Gasteiger partial charge in [0.05, 0.1) is 13.2 Å². The van der Waals surface area contributed by atoms with E-state index in [0.717, 1.165) is 0 Å². The van der Waals surface area contributed by atoms with Crippen LogP contribution in [-0.2, 0) is 9.53 Å². The maximum Gasteiger partial charge on any atom is 0.135 e. The molecule has 0 saturated heterocycles. The van der Waals surface area contributed by atoms with Gasteiger partial charge in [-0.3, -0.25) is 4.79 Å². The number of hydrogen-bond acceptors (Lipinski definition) is 3. The van der Waals surface area contributed by atoms with Gasteiger partial charge in [-0.05, 0) is 6.42 Å². The van der Waals surface area contributed by atoms with Crippen molar-refractivity contribution in [1.29, 1.82) is 0 Å². The molecule has 66 valence electrons. The third kappa shape index (κ3) is 7.49. The molecule has 0 unspecified atom stereocenters. The number of carbonyl (C=O) groups excluding carboxylic acids is 1. The largest absolute Gasteiger partial charge is 0.380 e. The van der Waals surface area contributed by atoms with Crippen molar-refractivity contribution in [3.63, 3.8) is 0 Å². The number of ether oxygens (including phenoxy) is 1. The predicted octanol–water partition coefficient (Wildman–Crippen LogP) is 0.721. The predicted molar refractivity (Wildman–Crippen MR) is 44.4 cm³/mol. The van der Waals surface area contributed by atoms with Crippen LogP contribution < -0.4 is 5.73 Å². The van der Waals surface area contributed by atoms with E-state index in [2.05, 4.69) is 0 Å². The van der Waals surface area contributed by atoms with E-state index in [1.807, 2.05) is 0 Å². The highest BCUT2D eigenvalue weighted by Gasteiger charge is 1.98. The molecule has 0 heterocycles. The maximum atomic E-state index is 11.0. The lowest BCUT2D eigenvalue weighted by molar-refractivity contribution is -0.120. The molecule has 0 aromatic heterocycles. The van der Waals surface area contributed by atoms with Gasteiger partial charge in [0.15, 0.2) is 0 Å². The van der Waals surface area contributed by atoms with Gasteiger partial charge in [0, 0.05) is 20.8 Å². The molecule has 0 aromatic carbocycles. The zero-order valence-electron chi connectivity index (χ0n) is 7.84. The molecule has 0 bridgehead atoms. The Morgan fingerprint density at radius 1 is 1.55 bits per heavy atom. The average Bonchev–Trinajstić information content (AvgIpc) is 2.09. The van der Waals surface area contributed by atoms with Gasteiger partial charge in [0.1, 0.15) is 5.78 Å². The van der Waals surface area contributed by atoms with Crippen molar-refractivity contribution >= 4 is 5.78 Å². The van der Waals surface area contributed by atoms with Crippen LogP contribution in [0.4, 0.5) is 0 Å². The van der Waals surface area contributed by atoms with Crippen molar-refractivity contribution in [2.75, 3.05) is 19.8 Å². The van der Waals surface area contributed by atoms with Gasteiger partial charge in [-0.1, -0.05) is 6.90 Å². The van der Waals surface area contributed by atoms with Crippen LogP contribution in [0.25, 0.3) is 0 Å². The molecular weight excluding hydrogens is 142 g/mol. The zero-order valence-corrected chi connectivity index (χ0v) is 6.84. The second-order valence-electron chi connectivity index (χ2n) is 2.29. The first-order valence-electron chi connectivity index (χ1n) is 4.60. The summed E-state index contributed by atoms with van der Waals surface area (Å²) in [5.74, 6) is 0.180. The quantitative estimate of drug-likeness (QED) is 0.558. The van der Waals surface area contributed by atoms with Gasteiger partial charge in [-0.25, -0.2) is 0 Å². The highest BCUT2D eigenvalue weighted by Crippen LogP contribution is 1.93. The second kappa shape index (κ2) is 7.69. The molecule has 3 heteroatoms. The van der Waals surface area contributed by atoms with Crippen molar-refractivity contribution < 1.29 is 10.9 Å². The number of ketones is 1. The summed E-state index contributed by atoms with van der Waals surface area (Å²) in [7, 11) is 0. The van der Waals surface area contributed by atoms with Crippen LogP contribution in [-0.4, -0.2) is 25.5 Å².